The number of para-hydroxylation sites is 4. The van der Waals surface area contributed by atoms with Crippen LogP contribution in [-0.2, 0) is 0 Å². The molecule has 5 nitrogen and oxygen atoms in total. The Morgan fingerprint density at radius 1 is 0.304 bits per heavy atom. The molecule has 0 aliphatic carbocycles. The molecule has 0 unspecified atom stereocenters. The first kappa shape index (κ1) is 39.2. The molecular formula is C63H39N5S. The lowest BCUT2D eigenvalue weighted by molar-refractivity contribution is 1.08. The van der Waals surface area contributed by atoms with Gasteiger partial charge in [-0.25, -0.2) is 15.0 Å². The van der Waals surface area contributed by atoms with Crippen LogP contribution in [0.1, 0.15) is 0 Å². The molecule has 14 rings (SSSR count). The number of aromatic nitrogens is 5. The van der Waals surface area contributed by atoms with E-state index < -0.39 is 0 Å². The van der Waals surface area contributed by atoms with Crippen LogP contribution in [0.4, 0.5) is 0 Å². The van der Waals surface area contributed by atoms with Gasteiger partial charge in [0.05, 0.1) is 27.8 Å². The Labute approximate surface area is 401 Å². The molecule has 10 aromatic carbocycles. The molecule has 0 amide bonds. The molecule has 0 N–H and O–H groups in total. The zero-order valence-corrected chi connectivity index (χ0v) is 38.0. The number of thiophene rings is 1. The second kappa shape index (κ2) is 15.8. The molecule has 4 heterocycles. The van der Waals surface area contributed by atoms with Crippen LogP contribution in [0.15, 0.2) is 237 Å². The quantitative estimate of drug-likeness (QED) is 0.160. The lowest BCUT2D eigenvalue weighted by Gasteiger charge is -2.14. The van der Waals surface area contributed by atoms with Crippen molar-refractivity contribution in [2.24, 2.45) is 0 Å². The molecule has 0 spiro atoms. The van der Waals surface area contributed by atoms with E-state index in [1.165, 1.54) is 47.6 Å². The summed E-state index contributed by atoms with van der Waals surface area (Å²) in [5.74, 6) is 1.87. The standard InChI is InChI=1S/C63H39N5S/c1-3-16-40(17-4-1)43-18-13-19-44(38-43)41-32-34-42(35-33-41)61-64-62(45-36-37-49-48-23-9-12-31-57(48)69-58(49)39-45)66-63(65-61)52-26-15-29-55-59(52)51-24-8-11-28-54(51)68(55)56-30-14-25-50-47-22-7-10-27-53(47)67(60(50)56)46-20-5-2-6-21-46/h1-39H. The minimum absolute atomic E-state index is 0.619. The summed E-state index contributed by atoms with van der Waals surface area (Å²) >= 11 is 1.80. The van der Waals surface area contributed by atoms with E-state index >= 15 is 0 Å². The minimum atomic E-state index is 0.619. The van der Waals surface area contributed by atoms with Gasteiger partial charge in [0.25, 0.3) is 0 Å². The Hall–Kier alpha value is -8.97. The predicted molar refractivity (Wildman–Crippen MR) is 289 cm³/mol. The molecule has 0 fully saturated rings. The van der Waals surface area contributed by atoms with Crippen molar-refractivity contribution in [2.45, 2.75) is 0 Å². The first-order valence-corrected chi connectivity index (χ1v) is 24.1. The molecule has 6 heteroatoms. The monoisotopic (exact) mass is 897 g/mol. The maximum atomic E-state index is 5.40. The third-order valence-electron chi connectivity index (χ3n) is 13.6. The number of hydrogen-bond acceptors (Lipinski definition) is 4. The predicted octanol–water partition coefficient (Wildman–Crippen LogP) is 16.8. The molecule has 0 radical (unpaired) electrons. The van der Waals surface area contributed by atoms with Crippen LogP contribution in [-0.4, -0.2) is 24.1 Å². The van der Waals surface area contributed by atoms with E-state index in [0.717, 1.165) is 66.5 Å². The summed E-state index contributed by atoms with van der Waals surface area (Å²) in [6.45, 7) is 0. The highest BCUT2D eigenvalue weighted by Gasteiger charge is 2.23. The minimum Gasteiger partial charge on any atom is -0.307 e. The summed E-state index contributed by atoms with van der Waals surface area (Å²) in [7, 11) is 0. The second-order valence-electron chi connectivity index (χ2n) is 17.6. The van der Waals surface area contributed by atoms with Crippen LogP contribution in [0.5, 0.6) is 0 Å². The molecule has 0 aliphatic heterocycles. The van der Waals surface area contributed by atoms with Crippen LogP contribution in [0.2, 0.25) is 0 Å². The van der Waals surface area contributed by atoms with Gasteiger partial charge in [-0.15, -0.1) is 11.3 Å². The fourth-order valence-corrected chi connectivity index (χ4v) is 11.6. The number of rotatable bonds is 7. The van der Waals surface area contributed by atoms with Crippen molar-refractivity contribution in [3.63, 3.8) is 0 Å². The summed E-state index contributed by atoms with van der Waals surface area (Å²) in [5.41, 5.74) is 14.2. The van der Waals surface area contributed by atoms with Crippen molar-refractivity contribution in [3.8, 4) is 67.8 Å². The molecule has 0 saturated heterocycles. The number of hydrogen-bond donors (Lipinski definition) is 0. The topological polar surface area (TPSA) is 48.5 Å². The van der Waals surface area contributed by atoms with Gasteiger partial charge < -0.3 is 9.13 Å². The summed E-state index contributed by atoms with van der Waals surface area (Å²) in [6.07, 6.45) is 0. The van der Waals surface area contributed by atoms with Gasteiger partial charge in [0.1, 0.15) is 0 Å². The van der Waals surface area contributed by atoms with Crippen LogP contribution < -0.4 is 0 Å². The zero-order chi connectivity index (χ0) is 45.4. The fourth-order valence-electron chi connectivity index (χ4n) is 10.4. The molecule has 69 heavy (non-hydrogen) atoms. The van der Waals surface area contributed by atoms with E-state index in [2.05, 4.69) is 246 Å². The highest BCUT2D eigenvalue weighted by atomic mass is 32.1. The van der Waals surface area contributed by atoms with Crippen molar-refractivity contribution in [2.75, 3.05) is 0 Å². The molecule has 4 aromatic heterocycles. The largest absolute Gasteiger partial charge is 0.307 e. The van der Waals surface area contributed by atoms with Gasteiger partial charge in [-0.05, 0) is 76.9 Å². The van der Waals surface area contributed by atoms with E-state index in [1.807, 2.05) is 0 Å². The van der Waals surface area contributed by atoms with E-state index in [0.29, 0.717) is 17.5 Å². The van der Waals surface area contributed by atoms with Gasteiger partial charge in [-0.2, -0.15) is 0 Å². The van der Waals surface area contributed by atoms with E-state index in [1.54, 1.807) is 11.3 Å². The molecule has 14 aromatic rings. The van der Waals surface area contributed by atoms with Gasteiger partial charge in [-0.1, -0.05) is 182 Å². The third kappa shape index (κ3) is 6.41. The van der Waals surface area contributed by atoms with Crippen LogP contribution in [0.25, 0.3) is 132 Å². The SMILES string of the molecule is c1ccc(-c2cccc(-c3ccc(-c4nc(-c5ccc6c(c5)sc5ccccc56)nc(-c5cccc6c5c5ccccc5n6-c5cccc6c7ccccc7n(-c7ccccc7)c56)n4)cc3)c2)cc1. The van der Waals surface area contributed by atoms with E-state index in [-0.39, 0.29) is 0 Å². The number of benzene rings is 10. The third-order valence-corrected chi connectivity index (χ3v) is 14.7. The van der Waals surface area contributed by atoms with Gasteiger partial charge in [0, 0.05) is 64.1 Å². The summed E-state index contributed by atoms with van der Waals surface area (Å²) < 4.78 is 7.30. The maximum absolute atomic E-state index is 5.40. The fraction of sp³-hybridized carbons (Fsp3) is 0. The molecule has 322 valence electrons. The van der Waals surface area contributed by atoms with Crippen molar-refractivity contribution in [3.05, 3.63) is 237 Å². The first-order chi connectivity index (χ1) is 34.2. The van der Waals surface area contributed by atoms with Crippen molar-refractivity contribution >= 4 is 75.1 Å². The highest BCUT2D eigenvalue weighted by Crippen LogP contribution is 2.43. The lowest BCUT2D eigenvalue weighted by Crippen LogP contribution is -2.01. The zero-order valence-electron chi connectivity index (χ0n) is 37.2. The maximum Gasteiger partial charge on any atom is 0.164 e. The number of nitrogens with zero attached hydrogens (tertiary/aromatic N) is 5. The Bertz CT molecular complexity index is 4300. The van der Waals surface area contributed by atoms with Crippen molar-refractivity contribution in [1.82, 2.24) is 24.1 Å². The van der Waals surface area contributed by atoms with Gasteiger partial charge >= 0.3 is 0 Å². The first-order valence-electron chi connectivity index (χ1n) is 23.3. The van der Waals surface area contributed by atoms with Crippen LogP contribution in [0, 0.1) is 0 Å². The molecular weight excluding hydrogens is 859 g/mol. The summed E-state index contributed by atoms with van der Waals surface area (Å²) in [4.78, 5) is 16.1. The highest BCUT2D eigenvalue weighted by molar-refractivity contribution is 7.25. The molecule has 0 atom stereocenters. The van der Waals surface area contributed by atoms with E-state index in [9.17, 15) is 0 Å². The smallest absolute Gasteiger partial charge is 0.164 e. The Balaban J connectivity index is 0.977. The normalized spacial score (nSPS) is 11.8. The molecule has 0 saturated carbocycles. The Morgan fingerprint density at radius 2 is 0.841 bits per heavy atom. The summed E-state index contributed by atoms with van der Waals surface area (Å²) in [5, 5.41) is 7.13. The van der Waals surface area contributed by atoms with Gasteiger partial charge in [-0.3, -0.25) is 0 Å². The lowest BCUT2D eigenvalue weighted by atomic mass is 9.98. The second-order valence-corrected chi connectivity index (χ2v) is 18.6. The Kier molecular flexibility index (Phi) is 9.00. The van der Waals surface area contributed by atoms with E-state index in [4.69, 9.17) is 15.0 Å². The number of fused-ring (bicyclic) bond motifs is 9. The molecule has 0 bridgehead atoms. The average Bonchev–Trinajstić information content (AvgIpc) is 4.09. The van der Waals surface area contributed by atoms with Crippen LogP contribution >= 0.6 is 11.3 Å². The van der Waals surface area contributed by atoms with Crippen molar-refractivity contribution < 1.29 is 0 Å². The van der Waals surface area contributed by atoms with Gasteiger partial charge in [0.15, 0.2) is 17.5 Å². The van der Waals surface area contributed by atoms with Gasteiger partial charge in [0.2, 0.25) is 0 Å². The Morgan fingerprint density at radius 3 is 1.64 bits per heavy atom. The molecule has 0 aliphatic rings. The average molecular weight is 898 g/mol. The van der Waals surface area contributed by atoms with Crippen LogP contribution in [0.3, 0.4) is 0 Å². The van der Waals surface area contributed by atoms with Crippen molar-refractivity contribution in [1.29, 1.82) is 0 Å². The summed E-state index contributed by atoms with van der Waals surface area (Å²) in [6, 6.07) is 84.5.